The first kappa shape index (κ1) is 17.4. The SMILES string of the molecule is CC(C)(C)OC(=O)N1CCCC(S(=O)c2cccc(Br)n2)C1. The van der Waals surface area contributed by atoms with E-state index in [1.54, 1.807) is 17.0 Å². The lowest BCUT2D eigenvalue weighted by Crippen LogP contribution is -2.45. The molecular weight excluding hydrogens is 368 g/mol. The van der Waals surface area contributed by atoms with Crippen LogP contribution >= 0.6 is 15.9 Å². The normalized spacial score (nSPS) is 20.5. The number of amides is 1. The zero-order valence-electron chi connectivity index (χ0n) is 13.0. The van der Waals surface area contributed by atoms with Gasteiger partial charge in [-0.2, -0.15) is 0 Å². The molecule has 2 heterocycles. The molecule has 2 atom stereocenters. The van der Waals surface area contributed by atoms with Crippen molar-refractivity contribution in [2.75, 3.05) is 13.1 Å². The maximum Gasteiger partial charge on any atom is 0.410 e. The van der Waals surface area contributed by atoms with Crippen LogP contribution in [-0.2, 0) is 15.5 Å². The zero-order chi connectivity index (χ0) is 16.3. The molecule has 1 saturated heterocycles. The van der Waals surface area contributed by atoms with Crippen molar-refractivity contribution in [1.82, 2.24) is 9.88 Å². The first-order valence-corrected chi connectivity index (χ1v) is 9.28. The summed E-state index contributed by atoms with van der Waals surface area (Å²) in [5.74, 6) is 0. The monoisotopic (exact) mass is 388 g/mol. The number of rotatable bonds is 2. The van der Waals surface area contributed by atoms with Crippen LogP contribution in [0.3, 0.4) is 0 Å². The fourth-order valence-electron chi connectivity index (χ4n) is 2.28. The number of hydrogen-bond acceptors (Lipinski definition) is 4. The molecule has 1 amide bonds. The Bertz CT molecular complexity index is 574. The van der Waals surface area contributed by atoms with Crippen molar-refractivity contribution in [2.45, 2.75) is 49.5 Å². The van der Waals surface area contributed by atoms with Crippen molar-refractivity contribution in [3.05, 3.63) is 22.8 Å². The van der Waals surface area contributed by atoms with E-state index in [1.807, 2.05) is 26.8 Å². The number of likely N-dealkylation sites (tertiary alicyclic amines) is 1. The molecule has 0 N–H and O–H groups in total. The summed E-state index contributed by atoms with van der Waals surface area (Å²) < 4.78 is 18.7. The molecule has 1 aliphatic heterocycles. The van der Waals surface area contributed by atoms with Crippen molar-refractivity contribution in [1.29, 1.82) is 0 Å². The van der Waals surface area contributed by atoms with Crippen LogP contribution in [0.1, 0.15) is 33.6 Å². The number of pyridine rings is 1. The predicted octanol–water partition coefficient (Wildman–Crippen LogP) is 3.35. The summed E-state index contributed by atoms with van der Waals surface area (Å²) in [7, 11) is -1.23. The molecule has 122 valence electrons. The Morgan fingerprint density at radius 1 is 1.45 bits per heavy atom. The molecular formula is C15H21BrN2O3S. The number of aromatic nitrogens is 1. The van der Waals surface area contributed by atoms with Gasteiger partial charge in [-0.05, 0) is 61.7 Å². The highest BCUT2D eigenvalue weighted by Crippen LogP contribution is 2.22. The van der Waals surface area contributed by atoms with E-state index in [-0.39, 0.29) is 11.3 Å². The minimum atomic E-state index is -1.23. The van der Waals surface area contributed by atoms with Crippen LogP contribution in [0.2, 0.25) is 0 Å². The minimum Gasteiger partial charge on any atom is -0.444 e. The maximum atomic E-state index is 12.7. The van der Waals surface area contributed by atoms with Gasteiger partial charge >= 0.3 is 6.09 Å². The van der Waals surface area contributed by atoms with Crippen LogP contribution in [0.15, 0.2) is 27.8 Å². The van der Waals surface area contributed by atoms with E-state index in [0.717, 1.165) is 12.8 Å². The van der Waals surface area contributed by atoms with Crippen LogP contribution < -0.4 is 0 Å². The van der Waals surface area contributed by atoms with E-state index >= 15 is 0 Å². The van der Waals surface area contributed by atoms with E-state index in [1.165, 1.54) is 0 Å². The molecule has 0 spiro atoms. The first-order valence-electron chi connectivity index (χ1n) is 7.27. The van der Waals surface area contributed by atoms with Gasteiger partial charge in [0.1, 0.15) is 15.2 Å². The first-order chi connectivity index (χ1) is 10.3. The molecule has 0 radical (unpaired) electrons. The number of hydrogen-bond donors (Lipinski definition) is 0. The lowest BCUT2D eigenvalue weighted by molar-refractivity contribution is 0.0219. The molecule has 7 heteroatoms. The van der Waals surface area contributed by atoms with Crippen LogP contribution in [0.5, 0.6) is 0 Å². The Labute approximate surface area is 142 Å². The molecule has 0 saturated carbocycles. The molecule has 1 aromatic heterocycles. The maximum absolute atomic E-state index is 12.7. The Balaban J connectivity index is 2.04. The quantitative estimate of drug-likeness (QED) is 0.728. The van der Waals surface area contributed by atoms with E-state index in [4.69, 9.17) is 4.74 Å². The molecule has 0 aliphatic carbocycles. The number of carbonyl (C=O) groups excluding carboxylic acids is 1. The van der Waals surface area contributed by atoms with Gasteiger partial charge in [-0.15, -0.1) is 0 Å². The Morgan fingerprint density at radius 3 is 2.82 bits per heavy atom. The second-order valence-electron chi connectivity index (χ2n) is 6.29. The topological polar surface area (TPSA) is 59.5 Å². The number of carbonyl (C=O) groups is 1. The van der Waals surface area contributed by atoms with Crippen molar-refractivity contribution < 1.29 is 13.7 Å². The molecule has 1 fully saturated rings. The number of nitrogens with zero attached hydrogens (tertiary/aromatic N) is 2. The summed E-state index contributed by atoms with van der Waals surface area (Å²) in [4.78, 5) is 18.1. The Kier molecular flexibility index (Phi) is 5.60. The molecule has 2 unspecified atom stereocenters. The highest BCUT2D eigenvalue weighted by atomic mass is 79.9. The third-order valence-electron chi connectivity index (χ3n) is 3.23. The van der Waals surface area contributed by atoms with Gasteiger partial charge in [-0.3, -0.25) is 4.21 Å². The van der Waals surface area contributed by atoms with Crippen molar-refractivity contribution in [2.24, 2.45) is 0 Å². The average molecular weight is 389 g/mol. The van der Waals surface area contributed by atoms with E-state index in [9.17, 15) is 9.00 Å². The average Bonchev–Trinajstić information content (AvgIpc) is 2.45. The summed E-state index contributed by atoms with van der Waals surface area (Å²) in [5.41, 5.74) is -0.519. The highest BCUT2D eigenvalue weighted by molar-refractivity contribution is 9.10. The number of halogens is 1. The lowest BCUT2D eigenvalue weighted by atomic mass is 10.1. The molecule has 0 bridgehead atoms. The lowest BCUT2D eigenvalue weighted by Gasteiger charge is -2.33. The van der Waals surface area contributed by atoms with Gasteiger partial charge in [-0.25, -0.2) is 9.78 Å². The zero-order valence-corrected chi connectivity index (χ0v) is 15.4. The molecule has 1 aromatic rings. The summed E-state index contributed by atoms with van der Waals surface area (Å²) in [6.07, 6.45) is 1.31. The summed E-state index contributed by atoms with van der Waals surface area (Å²) in [6, 6.07) is 5.38. The molecule has 2 rings (SSSR count). The molecule has 22 heavy (non-hydrogen) atoms. The molecule has 0 aromatic carbocycles. The second kappa shape index (κ2) is 7.08. The van der Waals surface area contributed by atoms with Crippen molar-refractivity contribution in [3.63, 3.8) is 0 Å². The van der Waals surface area contributed by atoms with Gasteiger partial charge in [0, 0.05) is 13.1 Å². The van der Waals surface area contributed by atoms with E-state index in [0.29, 0.717) is 22.7 Å². The van der Waals surface area contributed by atoms with Gasteiger partial charge in [0.25, 0.3) is 0 Å². The number of piperidine rings is 1. The van der Waals surface area contributed by atoms with Crippen LogP contribution in [-0.4, -0.2) is 44.1 Å². The number of ether oxygens (including phenoxy) is 1. The second-order valence-corrected chi connectivity index (χ2v) is 8.78. The third-order valence-corrected chi connectivity index (χ3v) is 5.30. The summed E-state index contributed by atoms with van der Waals surface area (Å²) >= 11 is 3.29. The fraction of sp³-hybridized carbons (Fsp3) is 0.600. The van der Waals surface area contributed by atoms with Crippen LogP contribution in [0.4, 0.5) is 4.79 Å². The van der Waals surface area contributed by atoms with Gasteiger partial charge < -0.3 is 9.64 Å². The van der Waals surface area contributed by atoms with Gasteiger partial charge in [0.15, 0.2) is 0 Å². The smallest absolute Gasteiger partial charge is 0.410 e. The Morgan fingerprint density at radius 2 is 2.18 bits per heavy atom. The fourth-order valence-corrected chi connectivity index (χ4v) is 4.18. The predicted molar refractivity (Wildman–Crippen MR) is 89.2 cm³/mol. The van der Waals surface area contributed by atoms with Gasteiger partial charge in [0.2, 0.25) is 0 Å². The van der Waals surface area contributed by atoms with Gasteiger partial charge in [0.05, 0.1) is 16.0 Å². The van der Waals surface area contributed by atoms with E-state index < -0.39 is 16.4 Å². The minimum absolute atomic E-state index is 0.108. The van der Waals surface area contributed by atoms with Gasteiger partial charge in [-0.1, -0.05) is 6.07 Å². The highest BCUT2D eigenvalue weighted by Gasteiger charge is 2.31. The third kappa shape index (κ3) is 4.78. The van der Waals surface area contributed by atoms with E-state index in [2.05, 4.69) is 20.9 Å². The summed E-state index contributed by atoms with van der Waals surface area (Å²) in [6.45, 7) is 6.62. The van der Waals surface area contributed by atoms with Crippen molar-refractivity contribution >= 4 is 32.8 Å². The van der Waals surface area contributed by atoms with Crippen molar-refractivity contribution in [3.8, 4) is 0 Å². The molecule has 1 aliphatic rings. The van der Waals surface area contributed by atoms with Crippen LogP contribution in [0.25, 0.3) is 0 Å². The molecule has 5 nitrogen and oxygen atoms in total. The Hall–Kier alpha value is -0.950. The van der Waals surface area contributed by atoms with Crippen LogP contribution in [0, 0.1) is 0 Å². The largest absolute Gasteiger partial charge is 0.444 e. The standard InChI is InChI=1S/C15H21BrN2O3S/c1-15(2,3)21-14(19)18-9-5-6-11(10-18)22(20)13-8-4-7-12(16)17-13/h4,7-8,11H,5-6,9-10H2,1-3H3. The summed E-state index contributed by atoms with van der Waals surface area (Å²) in [5, 5.41) is 0.438.